The maximum atomic E-state index is 13.3. The Morgan fingerprint density at radius 2 is 1.79 bits per heavy atom. The Morgan fingerprint density at radius 3 is 2.29 bits per heavy atom. The molecular formula is C19H32O7P2. The third kappa shape index (κ3) is 7.13. The Hall–Kier alpha value is -0.970. The first-order chi connectivity index (χ1) is 13.5. The Kier molecular flexibility index (Phi) is 11.9. The summed E-state index contributed by atoms with van der Waals surface area (Å²) >= 11 is 0. The molecule has 1 atom stereocenters. The normalized spacial score (nSPS) is 12.9. The number of rotatable bonds is 15. The summed E-state index contributed by atoms with van der Waals surface area (Å²) in [5.41, 5.74) is 0.323. The van der Waals surface area contributed by atoms with Crippen molar-refractivity contribution in [2.45, 2.75) is 60.0 Å². The van der Waals surface area contributed by atoms with E-state index >= 15 is 0 Å². The molecule has 160 valence electrons. The predicted molar refractivity (Wildman–Crippen MR) is 110 cm³/mol. The summed E-state index contributed by atoms with van der Waals surface area (Å²) in [6, 6.07) is 2.97. The number of aliphatic hydroxyl groups excluding tert-OH is 1. The molecule has 28 heavy (non-hydrogen) atoms. The molecule has 0 radical (unpaired) electrons. The van der Waals surface area contributed by atoms with Gasteiger partial charge in [-0.15, -0.1) is 0 Å². The summed E-state index contributed by atoms with van der Waals surface area (Å²) in [5.74, 6) is 0.834. The van der Waals surface area contributed by atoms with E-state index in [-0.39, 0.29) is 36.6 Å². The number of benzene rings is 1. The molecule has 1 unspecified atom stereocenters. The van der Waals surface area contributed by atoms with Gasteiger partial charge in [0.25, 0.3) is 0 Å². The Labute approximate surface area is 169 Å². The highest BCUT2D eigenvalue weighted by atomic mass is 31.2. The molecule has 0 saturated carbocycles. The van der Waals surface area contributed by atoms with E-state index in [0.717, 1.165) is 25.7 Å². The van der Waals surface area contributed by atoms with E-state index in [9.17, 15) is 14.2 Å². The molecule has 0 fully saturated rings. The lowest BCUT2D eigenvalue weighted by Crippen LogP contribution is -2.19. The smallest absolute Gasteiger partial charge is 0.395 e. The molecule has 9 heteroatoms. The van der Waals surface area contributed by atoms with Gasteiger partial charge in [0.1, 0.15) is 16.8 Å². The third-order valence-electron chi connectivity index (χ3n) is 4.36. The summed E-state index contributed by atoms with van der Waals surface area (Å²) in [4.78, 5) is 0. The zero-order valence-electron chi connectivity index (χ0n) is 17.2. The summed E-state index contributed by atoms with van der Waals surface area (Å²) in [5, 5.41) is 9.88. The van der Waals surface area contributed by atoms with Crippen LogP contribution in [0.2, 0.25) is 0 Å². The first-order valence-electron chi connectivity index (χ1n) is 9.79. The second-order valence-corrected chi connectivity index (χ2v) is 8.64. The van der Waals surface area contributed by atoms with Gasteiger partial charge in [0.2, 0.25) is 0 Å². The van der Waals surface area contributed by atoms with Crippen LogP contribution in [0.5, 0.6) is 11.5 Å². The molecule has 0 heterocycles. The van der Waals surface area contributed by atoms with Crippen LogP contribution in [0.15, 0.2) is 12.1 Å². The Balaban J connectivity index is 3.33. The van der Waals surface area contributed by atoms with Crippen LogP contribution in [0.25, 0.3) is 0 Å². The fourth-order valence-corrected chi connectivity index (χ4v) is 4.79. The summed E-state index contributed by atoms with van der Waals surface area (Å²) in [6.07, 6.45) is 4.21. The van der Waals surface area contributed by atoms with Crippen LogP contribution in [-0.2, 0) is 24.8 Å². The SMILES string of the molecule is CCCCC(CC)COc1cc(OP=O)c(CO)cc1P(=O)(OCC)OCC. The first kappa shape index (κ1) is 25.1. The zero-order chi connectivity index (χ0) is 21.0. The lowest BCUT2D eigenvalue weighted by atomic mass is 10.0. The van der Waals surface area contributed by atoms with Gasteiger partial charge in [0.05, 0.1) is 26.4 Å². The number of ether oxygens (including phenoxy) is 1. The van der Waals surface area contributed by atoms with E-state index in [4.69, 9.17) is 18.3 Å². The van der Waals surface area contributed by atoms with Crippen LogP contribution < -0.4 is 14.6 Å². The molecular weight excluding hydrogens is 402 g/mol. The highest BCUT2D eigenvalue weighted by Crippen LogP contribution is 2.50. The third-order valence-corrected chi connectivity index (χ3v) is 6.77. The fraction of sp³-hybridized carbons (Fsp3) is 0.684. The van der Waals surface area contributed by atoms with E-state index < -0.39 is 16.3 Å². The van der Waals surface area contributed by atoms with Gasteiger partial charge in [-0.25, -0.2) is 4.57 Å². The fourth-order valence-electron chi connectivity index (χ4n) is 2.79. The maximum Gasteiger partial charge on any atom is 0.395 e. The minimum Gasteiger partial charge on any atom is -0.492 e. The van der Waals surface area contributed by atoms with Gasteiger partial charge < -0.3 is 23.4 Å². The number of hydrogen-bond donors (Lipinski definition) is 1. The van der Waals surface area contributed by atoms with Gasteiger partial charge in [-0.3, -0.25) is 4.57 Å². The zero-order valence-corrected chi connectivity index (χ0v) is 19.0. The van der Waals surface area contributed by atoms with Crippen LogP contribution in [0.3, 0.4) is 0 Å². The van der Waals surface area contributed by atoms with Crippen LogP contribution >= 0.6 is 16.3 Å². The number of aliphatic hydroxyl groups is 1. The molecule has 0 aliphatic carbocycles. The average Bonchev–Trinajstić information content (AvgIpc) is 2.68. The number of hydrogen-bond acceptors (Lipinski definition) is 7. The minimum atomic E-state index is -3.65. The molecule has 0 aromatic heterocycles. The second kappa shape index (κ2) is 13.3. The van der Waals surface area contributed by atoms with E-state index in [0.29, 0.717) is 18.1 Å². The van der Waals surface area contributed by atoms with Crippen molar-refractivity contribution >= 4 is 21.6 Å². The largest absolute Gasteiger partial charge is 0.492 e. The van der Waals surface area contributed by atoms with Gasteiger partial charge in [-0.1, -0.05) is 33.1 Å². The van der Waals surface area contributed by atoms with Gasteiger partial charge >= 0.3 is 16.3 Å². The van der Waals surface area contributed by atoms with Crippen molar-refractivity contribution in [1.82, 2.24) is 0 Å². The molecule has 0 saturated heterocycles. The van der Waals surface area contributed by atoms with Crippen molar-refractivity contribution in [2.75, 3.05) is 19.8 Å². The van der Waals surface area contributed by atoms with Crippen LogP contribution in [0.1, 0.15) is 58.9 Å². The molecule has 7 nitrogen and oxygen atoms in total. The van der Waals surface area contributed by atoms with E-state index in [1.165, 1.54) is 12.1 Å². The highest BCUT2D eigenvalue weighted by molar-refractivity contribution is 7.62. The van der Waals surface area contributed by atoms with Crippen molar-refractivity contribution in [3.63, 3.8) is 0 Å². The minimum absolute atomic E-state index is 0.191. The van der Waals surface area contributed by atoms with Crippen molar-refractivity contribution in [1.29, 1.82) is 0 Å². The van der Waals surface area contributed by atoms with Gasteiger partial charge in [-0.2, -0.15) is 0 Å². The molecule has 0 spiro atoms. The molecule has 1 N–H and O–H groups in total. The van der Waals surface area contributed by atoms with Crippen molar-refractivity contribution < 1.29 is 32.5 Å². The average molecular weight is 434 g/mol. The quantitative estimate of drug-likeness (QED) is 0.377. The molecule has 1 rings (SSSR count). The monoisotopic (exact) mass is 434 g/mol. The Bertz CT molecular complexity index is 641. The summed E-state index contributed by atoms with van der Waals surface area (Å²) < 4.78 is 46.3. The molecule has 0 amide bonds. The summed E-state index contributed by atoms with van der Waals surface area (Å²) in [7, 11) is -4.21. The van der Waals surface area contributed by atoms with E-state index in [2.05, 4.69) is 13.8 Å². The van der Waals surface area contributed by atoms with Gasteiger partial charge in [0, 0.05) is 11.6 Å². The molecule has 0 aliphatic heterocycles. The van der Waals surface area contributed by atoms with E-state index in [1.807, 2.05) is 0 Å². The molecule has 0 bridgehead atoms. The van der Waals surface area contributed by atoms with Crippen LogP contribution in [0, 0.1) is 5.92 Å². The summed E-state index contributed by atoms with van der Waals surface area (Å²) in [6.45, 7) is 8.14. The lowest BCUT2D eigenvalue weighted by molar-refractivity contribution is 0.221. The standard InChI is InChI=1S/C19H32O7P2/c1-5-9-10-15(6-2)14-23-18-12-17(26-27-21)16(13-20)11-19(18)28(22,24-7-3)25-8-4/h11-12,15,20H,5-10,13-14H2,1-4H3. The lowest BCUT2D eigenvalue weighted by Gasteiger charge is -2.23. The Morgan fingerprint density at radius 1 is 1.11 bits per heavy atom. The van der Waals surface area contributed by atoms with Crippen molar-refractivity contribution in [3.05, 3.63) is 17.7 Å². The van der Waals surface area contributed by atoms with Crippen LogP contribution in [0.4, 0.5) is 0 Å². The topological polar surface area (TPSA) is 91.3 Å². The van der Waals surface area contributed by atoms with Gasteiger partial charge in [0.15, 0.2) is 0 Å². The highest BCUT2D eigenvalue weighted by Gasteiger charge is 2.32. The molecule has 1 aromatic carbocycles. The van der Waals surface area contributed by atoms with Crippen molar-refractivity contribution in [2.24, 2.45) is 5.92 Å². The second-order valence-electron chi connectivity index (χ2n) is 6.31. The maximum absolute atomic E-state index is 13.3. The number of unbranched alkanes of at least 4 members (excludes halogenated alkanes) is 1. The van der Waals surface area contributed by atoms with Crippen molar-refractivity contribution in [3.8, 4) is 11.5 Å². The molecule has 1 aromatic rings. The molecule has 0 aliphatic rings. The van der Waals surface area contributed by atoms with Crippen LogP contribution in [-0.4, -0.2) is 24.9 Å². The first-order valence-corrected chi connectivity index (χ1v) is 12.1. The predicted octanol–water partition coefficient (Wildman–Crippen LogP) is 5.25. The van der Waals surface area contributed by atoms with E-state index in [1.54, 1.807) is 13.8 Å². The van der Waals surface area contributed by atoms with Gasteiger partial charge in [-0.05, 0) is 32.3 Å².